The van der Waals surface area contributed by atoms with Crippen molar-refractivity contribution in [2.45, 2.75) is 44.6 Å². The molecule has 1 aromatic heterocycles. The number of benzene rings is 1. The molecule has 0 unspecified atom stereocenters. The lowest BCUT2D eigenvalue weighted by atomic mass is 9.83. The molecule has 24 heavy (non-hydrogen) atoms. The highest BCUT2D eigenvalue weighted by molar-refractivity contribution is 5.84. The fourth-order valence-corrected chi connectivity index (χ4v) is 4.45. The van der Waals surface area contributed by atoms with Gasteiger partial charge in [-0.15, -0.1) is 0 Å². The molecule has 1 saturated carbocycles. The quantitative estimate of drug-likeness (QED) is 0.669. The van der Waals surface area contributed by atoms with Gasteiger partial charge in [0.05, 0.1) is 10.9 Å². The molecule has 2 atom stereocenters. The first-order valence-electron chi connectivity index (χ1n) is 8.93. The molecular formula is C21H20O3. The molecule has 0 saturated heterocycles. The van der Waals surface area contributed by atoms with Gasteiger partial charge in [-0.2, -0.15) is 0 Å². The summed E-state index contributed by atoms with van der Waals surface area (Å²) in [6, 6.07) is 7.63. The Kier molecular flexibility index (Phi) is 3.15. The third-order valence-corrected chi connectivity index (χ3v) is 5.66. The molecular weight excluding hydrogens is 300 g/mol. The van der Waals surface area contributed by atoms with Crippen molar-refractivity contribution < 1.29 is 9.15 Å². The molecule has 2 aromatic rings. The topological polar surface area (TPSA) is 39.4 Å². The van der Waals surface area contributed by atoms with E-state index in [1.807, 2.05) is 24.3 Å². The van der Waals surface area contributed by atoms with Crippen LogP contribution >= 0.6 is 0 Å². The Morgan fingerprint density at radius 2 is 1.88 bits per heavy atom. The Hall–Kier alpha value is -2.29. The standard InChI is InChI=1S/C21H20O3/c22-21-17-12-16-14(13-6-2-1-3-7-13)10-11-19(16)23-20(17)15-8-4-5-9-18(15)24-21/h4-5,8-11,16,19H,1-3,6-7,12H2/t16-,19+/m1/s1. The third kappa shape index (κ3) is 2.07. The number of fused-ring (bicyclic) bond motifs is 4. The van der Waals surface area contributed by atoms with Crippen molar-refractivity contribution in [3.05, 3.63) is 63.5 Å². The van der Waals surface area contributed by atoms with E-state index < -0.39 is 0 Å². The zero-order valence-corrected chi connectivity index (χ0v) is 13.6. The molecule has 2 aliphatic carbocycles. The molecule has 1 aromatic carbocycles. The van der Waals surface area contributed by atoms with E-state index >= 15 is 0 Å². The zero-order valence-electron chi connectivity index (χ0n) is 13.6. The molecule has 122 valence electrons. The second kappa shape index (κ2) is 5.37. The number of allylic oxidation sites excluding steroid dienone is 2. The van der Waals surface area contributed by atoms with Crippen LogP contribution in [0.1, 0.15) is 37.7 Å². The minimum atomic E-state index is -0.248. The smallest absolute Gasteiger partial charge is 0.343 e. The molecule has 3 aliphatic rings. The summed E-state index contributed by atoms with van der Waals surface area (Å²) in [5.74, 6) is 0.998. The second-order valence-corrected chi connectivity index (χ2v) is 7.07. The largest absolute Gasteiger partial charge is 0.484 e. The van der Waals surface area contributed by atoms with E-state index in [0.29, 0.717) is 11.1 Å². The van der Waals surface area contributed by atoms with Crippen molar-refractivity contribution in [3.8, 4) is 5.75 Å². The molecule has 0 spiro atoms. The maximum atomic E-state index is 12.5. The van der Waals surface area contributed by atoms with E-state index in [2.05, 4.69) is 12.2 Å². The van der Waals surface area contributed by atoms with Crippen LogP contribution in [-0.4, -0.2) is 6.10 Å². The molecule has 0 amide bonds. The van der Waals surface area contributed by atoms with Crippen molar-refractivity contribution >= 4 is 11.0 Å². The lowest BCUT2D eigenvalue weighted by molar-refractivity contribution is 0.182. The number of ether oxygens (including phenoxy) is 1. The Morgan fingerprint density at radius 3 is 2.75 bits per heavy atom. The summed E-state index contributed by atoms with van der Waals surface area (Å²) in [6.45, 7) is 0. The van der Waals surface area contributed by atoms with E-state index in [1.54, 1.807) is 5.57 Å². The van der Waals surface area contributed by atoms with Gasteiger partial charge in [0.1, 0.15) is 17.4 Å². The van der Waals surface area contributed by atoms with Gasteiger partial charge in [0, 0.05) is 5.92 Å². The van der Waals surface area contributed by atoms with Crippen molar-refractivity contribution in [2.24, 2.45) is 5.92 Å². The minimum absolute atomic E-state index is 0.0483. The second-order valence-electron chi connectivity index (χ2n) is 7.07. The van der Waals surface area contributed by atoms with E-state index in [4.69, 9.17) is 9.15 Å². The Balaban J connectivity index is 1.62. The van der Waals surface area contributed by atoms with Gasteiger partial charge in [-0.25, -0.2) is 4.79 Å². The molecule has 3 nitrogen and oxygen atoms in total. The molecule has 0 bridgehead atoms. The van der Waals surface area contributed by atoms with Gasteiger partial charge in [-0.3, -0.25) is 0 Å². The maximum Gasteiger partial charge on any atom is 0.343 e. The fourth-order valence-electron chi connectivity index (χ4n) is 4.45. The van der Waals surface area contributed by atoms with E-state index in [-0.39, 0.29) is 17.6 Å². The van der Waals surface area contributed by atoms with Crippen molar-refractivity contribution in [2.75, 3.05) is 0 Å². The van der Waals surface area contributed by atoms with Crippen LogP contribution < -0.4 is 10.4 Å². The predicted octanol–water partition coefficient (Wildman–Crippen LogP) is 4.54. The lowest BCUT2D eigenvalue weighted by Crippen LogP contribution is -2.32. The molecule has 5 rings (SSSR count). The van der Waals surface area contributed by atoms with Gasteiger partial charge in [0.15, 0.2) is 0 Å². The van der Waals surface area contributed by atoms with Crippen molar-refractivity contribution in [1.82, 2.24) is 0 Å². The van der Waals surface area contributed by atoms with Crippen LogP contribution in [0.15, 0.2) is 56.8 Å². The highest BCUT2D eigenvalue weighted by Crippen LogP contribution is 2.43. The Bertz CT molecular complexity index is 924. The van der Waals surface area contributed by atoms with Crippen molar-refractivity contribution in [1.29, 1.82) is 0 Å². The van der Waals surface area contributed by atoms with E-state index in [9.17, 15) is 4.79 Å². The van der Waals surface area contributed by atoms with Gasteiger partial charge in [-0.1, -0.05) is 30.2 Å². The van der Waals surface area contributed by atoms with Gasteiger partial charge >= 0.3 is 5.63 Å². The first-order chi connectivity index (χ1) is 11.8. The first-order valence-corrected chi connectivity index (χ1v) is 8.93. The molecule has 0 N–H and O–H groups in total. The Labute approximate surface area is 140 Å². The van der Waals surface area contributed by atoms with E-state index in [1.165, 1.54) is 37.7 Å². The molecule has 3 heteroatoms. The summed E-state index contributed by atoms with van der Waals surface area (Å²) in [5.41, 5.74) is 4.04. The fraction of sp³-hybridized carbons (Fsp3) is 0.381. The van der Waals surface area contributed by atoms with Crippen LogP contribution in [0.2, 0.25) is 0 Å². The summed E-state index contributed by atoms with van der Waals surface area (Å²) < 4.78 is 11.8. The average Bonchev–Trinajstić information content (AvgIpc) is 3.04. The third-order valence-electron chi connectivity index (χ3n) is 5.66. The Morgan fingerprint density at radius 1 is 1.04 bits per heavy atom. The zero-order chi connectivity index (χ0) is 16.1. The highest BCUT2D eigenvalue weighted by atomic mass is 16.5. The number of hydrogen-bond acceptors (Lipinski definition) is 3. The van der Waals surface area contributed by atoms with Crippen LogP contribution in [-0.2, 0) is 6.42 Å². The summed E-state index contributed by atoms with van der Waals surface area (Å²) in [5, 5.41) is 0.901. The van der Waals surface area contributed by atoms with Crippen LogP contribution in [0.3, 0.4) is 0 Å². The summed E-state index contributed by atoms with van der Waals surface area (Å²) in [4.78, 5) is 12.5. The van der Waals surface area contributed by atoms with Crippen molar-refractivity contribution in [3.63, 3.8) is 0 Å². The predicted molar refractivity (Wildman–Crippen MR) is 93.3 cm³/mol. The monoisotopic (exact) mass is 320 g/mol. The van der Waals surface area contributed by atoms with Crippen LogP contribution in [0.5, 0.6) is 5.75 Å². The molecule has 1 fully saturated rings. The molecule has 1 aliphatic heterocycles. The number of rotatable bonds is 0. The van der Waals surface area contributed by atoms with Gasteiger partial charge < -0.3 is 9.15 Å². The summed E-state index contributed by atoms with van der Waals surface area (Å²) >= 11 is 0. The van der Waals surface area contributed by atoms with Crippen LogP contribution in [0.4, 0.5) is 0 Å². The lowest BCUT2D eigenvalue weighted by Gasteiger charge is -2.30. The normalized spacial score (nSPS) is 25.5. The van der Waals surface area contributed by atoms with Crippen LogP contribution in [0.25, 0.3) is 11.0 Å². The van der Waals surface area contributed by atoms with Gasteiger partial charge in [-0.05, 0) is 55.9 Å². The van der Waals surface area contributed by atoms with Gasteiger partial charge in [0.25, 0.3) is 0 Å². The van der Waals surface area contributed by atoms with Gasteiger partial charge in [0.2, 0.25) is 0 Å². The SMILES string of the molecule is O=c1oc2ccccc2c2c1C[C@@H]1C(=C3CCCCC3)C=C[C@@H]1O2. The average molecular weight is 320 g/mol. The summed E-state index contributed by atoms with van der Waals surface area (Å²) in [6.07, 6.45) is 11.5. The van der Waals surface area contributed by atoms with E-state index in [0.717, 1.165) is 17.6 Å². The maximum absolute atomic E-state index is 12.5. The number of para-hydroxylation sites is 1. The minimum Gasteiger partial charge on any atom is -0.484 e. The summed E-state index contributed by atoms with van der Waals surface area (Å²) in [7, 11) is 0. The number of hydrogen-bond donors (Lipinski definition) is 0. The van der Waals surface area contributed by atoms with Crippen LogP contribution in [0, 0.1) is 5.92 Å². The molecule has 2 heterocycles. The molecule has 0 radical (unpaired) electrons. The first kappa shape index (κ1) is 14.1. The highest BCUT2D eigenvalue weighted by Gasteiger charge is 2.37.